The topological polar surface area (TPSA) is 60.2 Å². The number of hydrogen-bond acceptors (Lipinski definition) is 5. The van der Waals surface area contributed by atoms with Gasteiger partial charge in [0.2, 0.25) is 11.8 Å². The van der Waals surface area contributed by atoms with Gasteiger partial charge in [-0.3, -0.25) is 0 Å². The summed E-state index contributed by atoms with van der Waals surface area (Å²) in [7, 11) is 0. The quantitative estimate of drug-likeness (QED) is 0.656. The Kier molecular flexibility index (Phi) is 5.96. The van der Waals surface area contributed by atoms with Gasteiger partial charge in [-0.2, -0.15) is 0 Å². The van der Waals surface area contributed by atoms with Gasteiger partial charge < -0.3 is 14.5 Å². The van der Waals surface area contributed by atoms with Gasteiger partial charge in [-0.05, 0) is 13.0 Å². The molecule has 0 radical (unpaired) electrons. The third kappa shape index (κ3) is 4.90. The monoisotopic (exact) mass is 213 g/mol. The molecule has 0 aliphatic rings. The van der Waals surface area contributed by atoms with Crippen LogP contribution in [-0.4, -0.2) is 29.9 Å². The standard InChI is InChI=1S/C10H19N3O2/c1-3-5-11-6-7-14-8-10-13-12-9(4-2)15-10/h11H,3-8H2,1-2H3. The normalized spacial score (nSPS) is 10.8. The Morgan fingerprint density at radius 2 is 2.00 bits per heavy atom. The van der Waals surface area contributed by atoms with E-state index in [9.17, 15) is 0 Å². The van der Waals surface area contributed by atoms with Crippen LogP contribution in [0.5, 0.6) is 0 Å². The minimum Gasteiger partial charge on any atom is -0.423 e. The lowest BCUT2D eigenvalue weighted by atomic mass is 10.5. The maximum Gasteiger partial charge on any atom is 0.242 e. The van der Waals surface area contributed by atoms with E-state index in [0.29, 0.717) is 25.0 Å². The molecule has 1 aromatic rings. The third-order valence-electron chi connectivity index (χ3n) is 1.89. The highest BCUT2D eigenvalue weighted by atomic mass is 16.5. The molecule has 1 rings (SSSR count). The van der Waals surface area contributed by atoms with E-state index in [4.69, 9.17) is 9.15 Å². The first-order valence-electron chi connectivity index (χ1n) is 5.46. The molecule has 0 aromatic carbocycles. The summed E-state index contributed by atoms with van der Waals surface area (Å²) in [5, 5.41) is 11.0. The Morgan fingerprint density at radius 1 is 1.20 bits per heavy atom. The van der Waals surface area contributed by atoms with Crippen molar-refractivity contribution in [2.75, 3.05) is 19.7 Å². The first kappa shape index (κ1) is 12.1. The highest BCUT2D eigenvalue weighted by Crippen LogP contribution is 2.01. The van der Waals surface area contributed by atoms with Crippen LogP contribution in [0.15, 0.2) is 4.42 Å². The molecule has 0 amide bonds. The number of hydrogen-bond donors (Lipinski definition) is 1. The molecule has 0 bridgehead atoms. The molecule has 1 heterocycles. The predicted molar refractivity (Wildman–Crippen MR) is 56.5 cm³/mol. The van der Waals surface area contributed by atoms with Crippen molar-refractivity contribution in [2.24, 2.45) is 0 Å². The summed E-state index contributed by atoms with van der Waals surface area (Å²) in [6, 6.07) is 0. The Bertz CT molecular complexity index is 263. The van der Waals surface area contributed by atoms with Crippen LogP contribution in [0.1, 0.15) is 32.0 Å². The van der Waals surface area contributed by atoms with E-state index in [0.717, 1.165) is 25.9 Å². The minimum atomic E-state index is 0.404. The number of nitrogens with one attached hydrogen (secondary N) is 1. The van der Waals surface area contributed by atoms with Gasteiger partial charge in [-0.1, -0.05) is 13.8 Å². The smallest absolute Gasteiger partial charge is 0.242 e. The summed E-state index contributed by atoms with van der Waals surface area (Å²) < 4.78 is 10.7. The van der Waals surface area contributed by atoms with Crippen LogP contribution < -0.4 is 5.32 Å². The first-order chi connectivity index (χ1) is 7.36. The van der Waals surface area contributed by atoms with E-state index < -0.39 is 0 Å². The van der Waals surface area contributed by atoms with Gasteiger partial charge in [0, 0.05) is 13.0 Å². The van der Waals surface area contributed by atoms with Crippen molar-refractivity contribution in [2.45, 2.75) is 33.3 Å². The maximum atomic E-state index is 5.37. The first-order valence-corrected chi connectivity index (χ1v) is 5.46. The van der Waals surface area contributed by atoms with Crippen molar-refractivity contribution in [1.29, 1.82) is 0 Å². The van der Waals surface area contributed by atoms with Crippen LogP contribution in [0, 0.1) is 0 Å². The largest absolute Gasteiger partial charge is 0.423 e. The van der Waals surface area contributed by atoms with E-state index in [-0.39, 0.29) is 0 Å². The molecule has 86 valence electrons. The summed E-state index contributed by atoms with van der Waals surface area (Å²) in [5.74, 6) is 1.22. The molecule has 0 aliphatic carbocycles. The average Bonchev–Trinajstić information content (AvgIpc) is 2.71. The Labute approximate surface area is 90.2 Å². The number of rotatable bonds is 8. The number of nitrogens with zero attached hydrogens (tertiary/aromatic N) is 2. The second-order valence-corrected chi connectivity index (χ2v) is 3.25. The van der Waals surface area contributed by atoms with E-state index in [1.54, 1.807) is 0 Å². The van der Waals surface area contributed by atoms with Gasteiger partial charge in [0.05, 0.1) is 6.61 Å². The second-order valence-electron chi connectivity index (χ2n) is 3.25. The van der Waals surface area contributed by atoms with Crippen molar-refractivity contribution in [3.63, 3.8) is 0 Å². The van der Waals surface area contributed by atoms with Crippen molar-refractivity contribution >= 4 is 0 Å². The SMILES string of the molecule is CCCNCCOCc1nnc(CC)o1. The highest BCUT2D eigenvalue weighted by Gasteiger charge is 2.03. The van der Waals surface area contributed by atoms with Gasteiger partial charge in [-0.25, -0.2) is 0 Å². The zero-order valence-electron chi connectivity index (χ0n) is 9.45. The van der Waals surface area contributed by atoms with E-state index in [1.807, 2.05) is 6.92 Å². The summed E-state index contributed by atoms with van der Waals surface area (Å²) in [6.07, 6.45) is 1.91. The molecular formula is C10H19N3O2. The Hall–Kier alpha value is -0.940. The van der Waals surface area contributed by atoms with Gasteiger partial charge in [0.1, 0.15) is 6.61 Å². The molecular weight excluding hydrogens is 194 g/mol. The predicted octanol–water partition coefficient (Wildman–Crippen LogP) is 1.15. The fourth-order valence-corrected chi connectivity index (χ4v) is 1.10. The van der Waals surface area contributed by atoms with Gasteiger partial charge in [0.15, 0.2) is 0 Å². The number of ether oxygens (including phenoxy) is 1. The number of aromatic nitrogens is 2. The molecule has 0 saturated heterocycles. The molecule has 5 nitrogen and oxygen atoms in total. The van der Waals surface area contributed by atoms with Crippen molar-refractivity contribution in [3.05, 3.63) is 11.8 Å². The van der Waals surface area contributed by atoms with Crippen molar-refractivity contribution in [3.8, 4) is 0 Å². The minimum absolute atomic E-state index is 0.404. The summed E-state index contributed by atoms with van der Waals surface area (Å²) in [4.78, 5) is 0. The zero-order valence-corrected chi connectivity index (χ0v) is 9.45. The molecule has 0 atom stereocenters. The number of aryl methyl sites for hydroxylation is 1. The molecule has 1 N–H and O–H groups in total. The summed E-state index contributed by atoms with van der Waals surface area (Å²) in [5.41, 5.74) is 0. The fourth-order valence-electron chi connectivity index (χ4n) is 1.10. The van der Waals surface area contributed by atoms with Crippen molar-refractivity contribution < 1.29 is 9.15 Å². The van der Waals surface area contributed by atoms with E-state index in [2.05, 4.69) is 22.4 Å². The molecule has 0 saturated carbocycles. The van der Waals surface area contributed by atoms with Gasteiger partial charge in [0.25, 0.3) is 0 Å². The highest BCUT2D eigenvalue weighted by molar-refractivity contribution is 4.78. The molecule has 0 unspecified atom stereocenters. The maximum absolute atomic E-state index is 5.37. The summed E-state index contributed by atoms with van der Waals surface area (Å²) >= 11 is 0. The molecule has 0 spiro atoms. The van der Waals surface area contributed by atoms with E-state index in [1.165, 1.54) is 0 Å². The lowest BCUT2D eigenvalue weighted by Crippen LogP contribution is -2.20. The molecule has 0 aliphatic heterocycles. The molecule has 5 heteroatoms. The van der Waals surface area contributed by atoms with Crippen LogP contribution in [0.3, 0.4) is 0 Å². The zero-order chi connectivity index (χ0) is 10.9. The van der Waals surface area contributed by atoms with Crippen LogP contribution in [0.25, 0.3) is 0 Å². The summed E-state index contributed by atoms with van der Waals surface area (Å²) in [6.45, 7) is 7.09. The lowest BCUT2D eigenvalue weighted by Gasteiger charge is -2.02. The Morgan fingerprint density at radius 3 is 2.67 bits per heavy atom. The van der Waals surface area contributed by atoms with E-state index >= 15 is 0 Å². The molecule has 15 heavy (non-hydrogen) atoms. The average molecular weight is 213 g/mol. The van der Waals surface area contributed by atoms with Crippen LogP contribution in [-0.2, 0) is 17.8 Å². The van der Waals surface area contributed by atoms with Gasteiger partial charge >= 0.3 is 0 Å². The van der Waals surface area contributed by atoms with Crippen molar-refractivity contribution in [1.82, 2.24) is 15.5 Å². The molecule has 0 fully saturated rings. The molecule has 1 aromatic heterocycles. The van der Waals surface area contributed by atoms with Crippen LogP contribution in [0.4, 0.5) is 0 Å². The second kappa shape index (κ2) is 7.36. The fraction of sp³-hybridized carbons (Fsp3) is 0.800. The Balaban J connectivity index is 2.04. The third-order valence-corrected chi connectivity index (χ3v) is 1.89. The van der Waals surface area contributed by atoms with Crippen LogP contribution >= 0.6 is 0 Å². The van der Waals surface area contributed by atoms with Crippen LogP contribution in [0.2, 0.25) is 0 Å². The lowest BCUT2D eigenvalue weighted by molar-refractivity contribution is 0.104. The van der Waals surface area contributed by atoms with Gasteiger partial charge in [-0.15, -0.1) is 10.2 Å².